The first-order chi connectivity index (χ1) is 12.4. The Hall–Kier alpha value is -2.80. The third-order valence-corrected chi connectivity index (χ3v) is 4.01. The predicted molar refractivity (Wildman–Crippen MR) is 95.4 cm³/mol. The van der Waals surface area contributed by atoms with Crippen molar-refractivity contribution in [2.24, 2.45) is 0 Å². The molecule has 0 spiro atoms. The van der Waals surface area contributed by atoms with Crippen molar-refractivity contribution in [1.82, 2.24) is 0 Å². The first kappa shape index (κ1) is 19.5. The van der Waals surface area contributed by atoms with Gasteiger partial charge in [-0.05, 0) is 18.6 Å². The van der Waals surface area contributed by atoms with E-state index in [2.05, 4.69) is 0 Å². The molecule has 0 unspecified atom stereocenters. The molecule has 1 N–H and O–H groups in total. The Kier molecular flexibility index (Phi) is 6.05. The van der Waals surface area contributed by atoms with E-state index in [4.69, 9.17) is 35.3 Å². The second-order valence-electron chi connectivity index (χ2n) is 5.19. The number of phenols is 1. The summed E-state index contributed by atoms with van der Waals surface area (Å²) in [6.45, 7) is 1.77. The number of hydrogen-bond donors (Lipinski definition) is 1. The standard InChI is InChI=1S/C18H19ClO7/c1-9-6-10(22-2)7-13(24-4)16(9)26-17-14(18(21)25-5)11(20)8-12(23-3)15(17)19/h6-8,20H,1-5H3. The van der Waals surface area contributed by atoms with E-state index in [9.17, 15) is 9.90 Å². The van der Waals surface area contributed by atoms with Crippen LogP contribution in [0.25, 0.3) is 0 Å². The molecular weight excluding hydrogens is 364 g/mol. The summed E-state index contributed by atoms with van der Waals surface area (Å²) in [7, 11) is 5.55. The number of ether oxygens (including phenoxy) is 5. The molecule has 0 aliphatic carbocycles. The average Bonchev–Trinajstić information content (AvgIpc) is 2.64. The maximum Gasteiger partial charge on any atom is 0.345 e. The summed E-state index contributed by atoms with van der Waals surface area (Å²) >= 11 is 6.31. The van der Waals surface area contributed by atoms with Crippen LogP contribution in [0.15, 0.2) is 18.2 Å². The van der Waals surface area contributed by atoms with Gasteiger partial charge in [0.25, 0.3) is 0 Å². The van der Waals surface area contributed by atoms with Crippen molar-refractivity contribution in [3.05, 3.63) is 34.3 Å². The Labute approximate surface area is 156 Å². The van der Waals surface area contributed by atoms with Gasteiger partial charge in [-0.2, -0.15) is 0 Å². The maximum atomic E-state index is 12.1. The lowest BCUT2D eigenvalue weighted by molar-refractivity contribution is 0.0594. The highest BCUT2D eigenvalue weighted by Gasteiger charge is 2.27. The van der Waals surface area contributed by atoms with Gasteiger partial charge in [0.15, 0.2) is 17.2 Å². The number of aromatic hydroxyl groups is 1. The number of carbonyl (C=O) groups is 1. The quantitative estimate of drug-likeness (QED) is 0.757. The largest absolute Gasteiger partial charge is 0.507 e. The second kappa shape index (κ2) is 8.05. The zero-order valence-electron chi connectivity index (χ0n) is 15.0. The molecule has 140 valence electrons. The van der Waals surface area contributed by atoms with E-state index in [1.165, 1.54) is 34.5 Å². The van der Waals surface area contributed by atoms with Crippen LogP contribution in [0.1, 0.15) is 15.9 Å². The van der Waals surface area contributed by atoms with E-state index in [0.29, 0.717) is 22.8 Å². The number of benzene rings is 2. The lowest BCUT2D eigenvalue weighted by atomic mass is 10.1. The Bertz CT molecular complexity index is 833. The highest BCUT2D eigenvalue weighted by molar-refractivity contribution is 6.34. The van der Waals surface area contributed by atoms with Crippen LogP contribution in [0.2, 0.25) is 5.02 Å². The van der Waals surface area contributed by atoms with E-state index in [0.717, 1.165) is 0 Å². The number of methoxy groups -OCH3 is 4. The summed E-state index contributed by atoms with van der Waals surface area (Å²) < 4.78 is 26.3. The van der Waals surface area contributed by atoms with Gasteiger partial charge in [0.2, 0.25) is 0 Å². The zero-order valence-corrected chi connectivity index (χ0v) is 15.8. The Morgan fingerprint density at radius 2 is 1.62 bits per heavy atom. The fraction of sp³-hybridized carbons (Fsp3) is 0.278. The second-order valence-corrected chi connectivity index (χ2v) is 5.56. The topological polar surface area (TPSA) is 83.5 Å². The Morgan fingerprint density at radius 3 is 2.15 bits per heavy atom. The van der Waals surface area contributed by atoms with Gasteiger partial charge >= 0.3 is 5.97 Å². The molecule has 0 saturated carbocycles. The van der Waals surface area contributed by atoms with Crippen molar-refractivity contribution < 1.29 is 33.6 Å². The number of rotatable bonds is 6. The van der Waals surface area contributed by atoms with E-state index in [1.807, 2.05) is 0 Å². The summed E-state index contributed by atoms with van der Waals surface area (Å²) in [6.07, 6.45) is 0. The molecule has 0 aromatic heterocycles. The molecule has 0 fully saturated rings. The molecule has 0 bridgehead atoms. The van der Waals surface area contributed by atoms with Crippen LogP contribution >= 0.6 is 11.6 Å². The van der Waals surface area contributed by atoms with Gasteiger partial charge < -0.3 is 28.8 Å². The number of hydrogen-bond acceptors (Lipinski definition) is 7. The molecule has 8 heteroatoms. The molecule has 0 radical (unpaired) electrons. The van der Waals surface area contributed by atoms with Crippen LogP contribution in [0.3, 0.4) is 0 Å². The van der Waals surface area contributed by atoms with Crippen molar-refractivity contribution in [2.75, 3.05) is 28.4 Å². The van der Waals surface area contributed by atoms with Gasteiger partial charge in [0.05, 0.1) is 28.4 Å². The molecule has 7 nitrogen and oxygen atoms in total. The summed E-state index contributed by atoms with van der Waals surface area (Å²) in [5.74, 6) is 0.0489. The van der Waals surface area contributed by atoms with Crippen molar-refractivity contribution in [1.29, 1.82) is 0 Å². The minimum absolute atomic E-state index is 0.00275. The van der Waals surface area contributed by atoms with Crippen LogP contribution in [0, 0.1) is 6.92 Å². The van der Waals surface area contributed by atoms with Crippen LogP contribution in [0.5, 0.6) is 34.5 Å². The minimum Gasteiger partial charge on any atom is -0.507 e. The number of carbonyl (C=O) groups excluding carboxylic acids is 1. The molecule has 0 heterocycles. The molecule has 0 aliphatic rings. The summed E-state index contributed by atoms with van der Waals surface area (Å²) in [5, 5.41) is 10.2. The van der Waals surface area contributed by atoms with Crippen molar-refractivity contribution in [2.45, 2.75) is 6.92 Å². The molecule has 2 aromatic rings. The number of esters is 1. The van der Waals surface area contributed by atoms with E-state index in [-0.39, 0.29) is 22.1 Å². The Balaban J connectivity index is 2.70. The molecule has 0 amide bonds. The van der Waals surface area contributed by atoms with Gasteiger partial charge in [-0.15, -0.1) is 0 Å². The molecule has 2 rings (SSSR count). The predicted octanol–water partition coefficient (Wildman–Crippen LogP) is 3.96. The van der Waals surface area contributed by atoms with E-state index < -0.39 is 11.7 Å². The first-order valence-electron chi connectivity index (χ1n) is 7.46. The molecule has 0 aliphatic heterocycles. The number of aryl methyl sites for hydroxylation is 1. The first-order valence-corrected chi connectivity index (χ1v) is 7.83. The van der Waals surface area contributed by atoms with Crippen LogP contribution in [-0.2, 0) is 4.74 Å². The fourth-order valence-electron chi connectivity index (χ4n) is 2.35. The molecule has 2 aromatic carbocycles. The lowest BCUT2D eigenvalue weighted by Crippen LogP contribution is -2.06. The Morgan fingerprint density at radius 1 is 0.962 bits per heavy atom. The smallest absolute Gasteiger partial charge is 0.345 e. The molecular formula is C18H19ClO7. The van der Waals surface area contributed by atoms with Crippen LogP contribution in [-0.4, -0.2) is 39.5 Å². The third kappa shape index (κ3) is 3.57. The normalized spacial score (nSPS) is 10.2. The SMILES string of the molecule is COC(=O)c1c(O)cc(OC)c(Cl)c1Oc1c(C)cc(OC)cc1OC. The van der Waals surface area contributed by atoms with E-state index in [1.54, 1.807) is 19.1 Å². The van der Waals surface area contributed by atoms with Crippen LogP contribution < -0.4 is 18.9 Å². The zero-order chi connectivity index (χ0) is 19.4. The number of phenolic OH excluding ortho intramolecular Hbond substituents is 1. The monoisotopic (exact) mass is 382 g/mol. The number of halogens is 1. The maximum absolute atomic E-state index is 12.1. The van der Waals surface area contributed by atoms with Crippen molar-refractivity contribution in [3.63, 3.8) is 0 Å². The highest BCUT2D eigenvalue weighted by atomic mass is 35.5. The summed E-state index contributed by atoms with van der Waals surface area (Å²) in [6, 6.07) is 4.55. The summed E-state index contributed by atoms with van der Waals surface area (Å²) in [5.41, 5.74) is 0.436. The van der Waals surface area contributed by atoms with Gasteiger partial charge in [-0.3, -0.25) is 0 Å². The highest BCUT2D eigenvalue weighted by Crippen LogP contribution is 2.47. The fourth-order valence-corrected chi connectivity index (χ4v) is 2.62. The van der Waals surface area contributed by atoms with Gasteiger partial charge in [-0.25, -0.2) is 4.79 Å². The van der Waals surface area contributed by atoms with Gasteiger partial charge in [-0.1, -0.05) is 11.6 Å². The van der Waals surface area contributed by atoms with Crippen molar-refractivity contribution >= 4 is 17.6 Å². The van der Waals surface area contributed by atoms with Crippen LogP contribution in [0.4, 0.5) is 0 Å². The summed E-state index contributed by atoms with van der Waals surface area (Å²) in [4.78, 5) is 12.1. The minimum atomic E-state index is -0.813. The molecule has 26 heavy (non-hydrogen) atoms. The van der Waals surface area contributed by atoms with Gasteiger partial charge in [0, 0.05) is 12.1 Å². The van der Waals surface area contributed by atoms with Gasteiger partial charge in [0.1, 0.15) is 27.8 Å². The molecule has 0 atom stereocenters. The van der Waals surface area contributed by atoms with E-state index >= 15 is 0 Å². The average molecular weight is 383 g/mol. The molecule has 0 saturated heterocycles. The third-order valence-electron chi connectivity index (χ3n) is 3.65. The lowest BCUT2D eigenvalue weighted by Gasteiger charge is -2.18. The van der Waals surface area contributed by atoms with Crippen molar-refractivity contribution in [3.8, 4) is 34.5 Å².